The van der Waals surface area contributed by atoms with E-state index in [1.165, 1.54) is 29.5 Å². The molecule has 0 fully saturated rings. The van der Waals surface area contributed by atoms with Crippen molar-refractivity contribution < 1.29 is 0 Å². The first-order chi connectivity index (χ1) is 12.7. The average molecular weight is 364 g/mol. The molecule has 0 aromatic heterocycles. The van der Waals surface area contributed by atoms with Crippen LogP contribution in [-0.4, -0.2) is 4.90 Å². The maximum Gasteiger partial charge on any atom is 0.0510 e. The Bertz CT molecular complexity index is 728. The quantitative estimate of drug-likeness (QED) is 0.379. The molecule has 0 bridgehead atoms. The van der Waals surface area contributed by atoms with Gasteiger partial charge >= 0.3 is 0 Å². The predicted molar refractivity (Wildman–Crippen MR) is 123 cm³/mol. The van der Waals surface area contributed by atoms with Crippen molar-refractivity contribution in [1.82, 2.24) is 4.90 Å². The lowest BCUT2D eigenvalue weighted by atomic mass is 9.96. The number of benzene rings is 1. The monoisotopic (exact) mass is 363 g/mol. The topological polar surface area (TPSA) is 3.24 Å². The molecule has 1 aromatic rings. The summed E-state index contributed by atoms with van der Waals surface area (Å²) < 4.78 is 0. The lowest BCUT2D eigenvalue weighted by Gasteiger charge is -2.31. The van der Waals surface area contributed by atoms with Crippen LogP contribution in [-0.2, 0) is 0 Å². The van der Waals surface area contributed by atoms with E-state index in [-0.39, 0.29) is 0 Å². The summed E-state index contributed by atoms with van der Waals surface area (Å²) in [5.41, 5.74) is 7.95. The van der Waals surface area contributed by atoms with Crippen LogP contribution in [0.25, 0.3) is 11.1 Å². The van der Waals surface area contributed by atoms with Crippen LogP contribution in [0, 0.1) is 5.92 Å². The smallest absolute Gasteiger partial charge is 0.0510 e. The number of rotatable bonds is 10. The van der Waals surface area contributed by atoms with Gasteiger partial charge in [0.15, 0.2) is 0 Å². The van der Waals surface area contributed by atoms with Gasteiger partial charge in [-0.15, -0.1) is 0 Å². The minimum atomic E-state index is 0.425. The maximum absolute atomic E-state index is 4.43. The highest BCUT2D eigenvalue weighted by molar-refractivity contribution is 5.72. The fraction of sp³-hybridized carbons (Fsp3) is 0.385. The first kappa shape index (κ1) is 22.8. The first-order valence-corrected chi connectivity index (χ1v) is 9.98. The molecule has 1 unspecified atom stereocenters. The fourth-order valence-electron chi connectivity index (χ4n) is 3.23. The lowest BCUT2D eigenvalue weighted by molar-refractivity contribution is 0.451. The van der Waals surface area contributed by atoms with Crippen LogP contribution in [0.4, 0.5) is 0 Å². The number of allylic oxidation sites excluding steroid dienone is 5. The van der Waals surface area contributed by atoms with Gasteiger partial charge in [0.1, 0.15) is 0 Å². The van der Waals surface area contributed by atoms with E-state index in [1.54, 1.807) is 0 Å². The second kappa shape index (κ2) is 10.8. The van der Waals surface area contributed by atoms with Crippen LogP contribution in [0.2, 0.25) is 0 Å². The third-order valence-corrected chi connectivity index (χ3v) is 4.98. The number of unbranched alkanes of at least 4 members (excludes halogenated alkanes) is 1. The fourth-order valence-corrected chi connectivity index (χ4v) is 3.23. The molecular weight excluding hydrogens is 326 g/mol. The molecule has 0 saturated heterocycles. The van der Waals surface area contributed by atoms with E-state index >= 15 is 0 Å². The van der Waals surface area contributed by atoms with Gasteiger partial charge in [-0.3, -0.25) is 0 Å². The van der Waals surface area contributed by atoms with Crippen molar-refractivity contribution in [3.8, 4) is 0 Å². The molecule has 0 radical (unpaired) electrons. The Morgan fingerprint density at radius 3 is 2.04 bits per heavy atom. The summed E-state index contributed by atoms with van der Waals surface area (Å²) >= 11 is 0. The van der Waals surface area contributed by atoms with Crippen molar-refractivity contribution in [2.45, 2.75) is 60.8 Å². The van der Waals surface area contributed by atoms with Crippen molar-refractivity contribution in [3.05, 3.63) is 84.4 Å². The summed E-state index contributed by atoms with van der Waals surface area (Å²) in [5.74, 6) is 0.425. The van der Waals surface area contributed by atoms with Crippen molar-refractivity contribution in [1.29, 1.82) is 0 Å². The third kappa shape index (κ3) is 6.13. The molecule has 1 aromatic carbocycles. The molecule has 0 aliphatic rings. The van der Waals surface area contributed by atoms with Gasteiger partial charge in [-0.05, 0) is 62.3 Å². The van der Waals surface area contributed by atoms with E-state index in [0.717, 1.165) is 29.0 Å². The van der Waals surface area contributed by atoms with E-state index in [2.05, 4.69) is 88.9 Å². The standard InChI is InChI=1S/C26H37N/c1-10-12-13-21(7)23(9)27(18-11-2)26(20(5)6)22(8)25-16-14-24(15-17-25)19(3)4/h11,14-18,21H,3,5,9-10,12-13H2,1-2,4,6-8H3/b18-11-,26-22+. The van der Waals surface area contributed by atoms with Gasteiger partial charge in [-0.25, -0.2) is 0 Å². The van der Waals surface area contributed by atoms with Crippen LogP contribution in [0.15, 0.2) is 73.2 Å². The van der Waals surface area contributed by atoms with E-state index in [1.807, 2.05) is 13.8 Å². The molecule has 146 valence electrons. The average Bonchev–Trinajstić information content (AvgIpc) is 2.64. The van der Waals surface area contributed by atoms with E-state index in [4.69, 9.17) is 0 Å². The molecule has 1 atom stereocenters. The van der Waals surface area contributed by atoms with E-state index in [9.17, 15) is 0 Å². The Morgan fingerprint density at radius 2 is 1.59 bits per heavy atom. The molecule has 0 N–H and O–H groups in total. The molecule has 0 aliphatic carbocycles. The van der Waals surface area contributed by atoms with Gasteiger partial charge in [0, 0.05) is 11.9 Å². The third-order valence-electron chi connectivity index (χ3n) is 4.98. The summed E-state index contributed by atoms with van der Waals surface area (Å²) in [6.07, 6.45) is 7.76. The van der Waals surface area contributed by atoms with Gasteiger partial charge in [-0.1, -0.05) is 82.3 Å². The van der Waals surface area contributed by atoms with Crippen molar-refractivity contribution in [3.63, 3.8) is 0 Å². The van der Waals surface area contributed by atoms with Crippen LogP contribution in [0.5, 0.6) is 0 Å². The Labute approximate surface area is 167 Å². The highest BCUT2D eigenvalue weighted by Gasteiger charge is 2.19. The van der Waals surface area contributed by atoms with E-state index < -0.39 is 0 Å². The highest BCUT2D eigenvalue weighted by atomic mass is 15.1. The maximum atomic E-state index is 4.43. The van der Waals surface area contributed by atoms with Crippen molar-refractivity contribution in [2.24, 2.45) is 5.92 Å². The van der Waals surface area contributed by atoms with Gasteiger partial charge in [-0.2, -0.15) is 0 Å². The number of hydrogen-bond donors (Lipinski definition) is 0. The van der Waals surface area contributed by atoms with Gasteiger partial charge in [0.2, 0.25) is 0 Å². The lowest BCUT2D eigenvalue weighted by Crippen LogP contribution is -2.22. The molecule has 0 aliphatic heterocycles. The van der Waals surface area contributed by atoms with Gasteiger partial charge < -0.3 is 4.90 Å². The molecule has 0 amide bonds. The molecule has 27 heavy (non-hydrogen) atoms. The number of hydrogen-bond acceptors (Lipinski definition) is 1. The summed E-state index contributed by atoms with van der Waals surface area (Å²) in [6.45, 7) is 25.5. The Morgan fingerprint density at radius 1 is 1.04 bits per heavy atom. The first-order valence-electron chi connectivity index (χ1n) is 9.98. The van der Waals surface area contributed by atoms with Crippen LogP contribution in [0.3, 0.4) is 0 Å². The summed E-state index contributed by atoms with van der Waals surface area (Å²) in [7, 11) is 0. The molecule has 1 rings (SSSR count). The van der Waals surface area contributed by atoms with Crippen LogP contribution >= 0.6 is 0 Å². The van der Waals surface area contributed by atoms with Crippen LogP contribution in [0.1, 0.15) is 71.9 Å². The van der Waals surface area contributed by atoms with Crippen molar-refractivity contribution in [2.75, 3.05) is 0 Å². The van der Waals surface area contributed by atoms with Crippen LogP contribution < -0.4 is 0 Å². The van der Waals surface area contributed by atoms with Gasteiger partial charge in [0.05, 0.1) is 5.70 Å². The van der Waals surface area contributed by atoms with Gasteiger partial charge in [0.25, 0.3) is 0 Å². The largest absolute Gasteiger partial charge is 0.321 e. The zero-order chi connectivity index (χ0) is 20.6. The molecule has 0 spiro atoms. The zero-order valence-electron chi connectivity index (χ0n) is 18.2. The normalized spacial score (nSPS) is 13.3. The van der Waals surface area contributed by atoms with E-state index in [0.29, 0.717) is 5.92 Å². The number of nitrogens with zero attached hydrogens (tertiary/aromatic N) is 1. The molecule has 1 heteroatoms. The second-order valence-electron chi connectivity index (χ2n) is 7.50. The molecule has 0 heterocycles. The summed E-state index contributed by atoms with van der Waals surface area (Å²) in [5, 5.41) is 0. The molecular formula is C26H37N. The highest BCUT2D eigenvalue weighted by Crippen LogP contribution is 2.32. The Kier molecular flexibility index (Phi) is 9.08. The second-order valence-corrected chi connectivity index (χ2v) is 7.50. The minimum Gasteiger partial charge on any atom is -0.321 e. The predicted octanol–water partition coefficient (Wildman–Crippen LogP) is 8.20. The summed E-state index contributed by atoms with van der Waals surface area (Å²) in [6, 6.07) is 8.60. The zero-order valence-corrected chi connectivity index (χ0v) is 18.2. The Balaban J connectivity index is 3.38. The minimum absolute atomic E-state index is 0.425. The summed E-state index contributed by atoms with van der Waals surface area (Å²) in [4.78, 5) is 2.23. The molecule has 0 saturated carbocycles. The molecule has 1 nitrogen and oxygen atoms in total. The SMILES string of the molecule is C=C(C)/C(=C(/C)c1ccc(C(=C)C)cc1)N(/C=C\C)C(=C)C(C)CCCC. The van der Waals surface area contributed by atoms with Crippen molar-refractivity contribution >= 4 is 11.1 Å². The Hall–Kier alpha value is -2.28.